The van der Waals surface area contributed by atoms with Crippen molar-refractivity contribution in [1.29, 1.82) is 0 Å². The number of nitrogens with zero attached hydrogens (tertiary/aromatic N) is 3. The van der Waals surface area contributed by atoms with Crippen LogP contribution in [0.2, 0.25) is 0 Å². The zero-order valence-corrected chi connectivity index (χ0v) is 17.5. The van der Waals surface area contributed by atoms with Gasteiger partial charge in [0.1, 0.15) is 5.75 Å². The molecule has 8 heteroatoms. The molecule has 2 heterocycles. The van der Waals surface area contributed by atoms with Crippen LogP contribution in [0, 0.1) is 0 Å². The van der Waals surface area contributed by atoms with Crippen molar-refractivity contribution >= 4 is 40.9 Å². The van der Waals surface area contributed by atoms with Crippen molar-refractivity contribution in [3.8, 4) is 5.75 Å². The number of hydrazone groups is 1. The van der Waals surface area contributed by atoms with E-state index in [1.807, 2.05) is 43.3 Å². The van der Waals surface area contributed by atoms with Crippen LogP contribution in [0.25, 0.3) is 6.08 Å². The number of carbonyl (C=O) groups is 3. The number of hydrogen-bond donors (Lipinski definition) is 1. The maximum Gasteiger partial charge on any atom is 0.283 e. The van der Waals surface area contributed by atoms with Crippen LogP contribution in [0.5, 0.6) is 5.75 Å². The molecule has 0 aliphatic carbocycles. The fourth-order valence-corrected chi connectivity index (χ4v) is 3.36. The molecule has 0 bridgehead atoms. The van der Waals surface area contributed by atoms with Gasteiger partial charge >= 0.3 is 0 Å². The van der Waals surface area contributed by atoms with Gasteiger partial charge in [-0.3, -0.25) is 14.4 Å². The first-order chi connectivity index (χ1) is 14.8. The van der Waals surface area contributed by atoms with E-state index in [-0.39, 0.29) is 6.42 Å². The van der Waals surface area contributed by atoms with Crippen molar-refractivity contribution in [3.63, 3.8) is 0 Å². The first-order valence-corrected chi connectivity index (χ1v) is 9.82. The monoisotopic (exact) mass is 418 g/mol. The maximum atomic E-state index is 12.8. The summed E-state index contributed by atoms with van der Waals surface area (Å²) < 4.78 is 5.65. The minimum atomic E-state index is -1.03. The predicted octanol–water partition coefficient (Wildman–Crippen LogP) is 2.67. The Balaban J connectivity index is 1.48. The number of hydrogen-bond acceptors (Lipinski definition) is 6. The third-order valence-corrected chi connectivity index (χ3v) is 5.09. The molecule has 2 aliphatic heterocycles. The second-order valence-corrected chi connectivity index (χ2v) is 7.54. The van der Waals surface area contributed by atoms with Gasteiger partial charge in [-0.1, -0.05) is 24.3 Å². The Morgan fingerprint density at radius 3 is 2.58 bits per heavy atom. The highest BCUT2D eigenvalue weighted by atomic mass is 16.5. The summed E-state index contributed by atoms with van der Waals surface area (Å²) >= 11 is 0. The first-order valence-electron chi connectivity index (χ1n) is 9.82. The van der Waals surface area contributed by atoms with E-state index in [4.69, 9.17) is 4.74 Å². The van der Waals surface area contributed by atoms with Crippen molar-refractivity contribution in [2.75, 3.05) is 24.3 Å². The largest absolute Gasteiger partial charge is 0.478 e. The Morgan fingerprint density at radius 2 is 1.87 bits per heavy atom. The fraction of sp³-hybridized carbons (Fsp3) is 0.217. The summed E-state index contributed by atoms with van der Waals surface area (Å²) in [5.41, 5.74) is 3.19. The summed E-state index contributed by atoms with van der Waals surface area (Å²) in [5.74, 6) is -1.07. The highest BCUT2D eigenvalue weighted by molar-refractivity contribution is 6.29. The number of fused-ring (bicyclic) bond motifs is 1. The fourth-order valence-electron chi connectivity index (χ4n) is 3.36. The zero-order valence-electron chi connectivity index (χ0n) is 17.5. The average molecular weight is 418 g/mol. The van der Waals surface area contributed by atoms with Crippen molar-refractivity contribution in [2.24, 2.45) is 5.10 Å². The Kier molecular flexibility index (Phi) is 5.29. The lowest BCUT2D eigenvalue weighted by molar-refractivity contribution is -0.144. The number of ether oxygens (including phenoxy) is 1. The van der Waals surface area contributed by atoms with Gasteiger partial charge < -0.3 is 15.0 Å². The lowest BCUT2D eigenvalue weighted by atomic mass is 10.1. The van der Waals surface area contributed by atoms with Crippen LogP contribution < -0.4 is 15.0 Å². The van der Waals surface area contributed by atoms with Gasteiger partial charge in [0.25, 0.3) is 17.7 Å². The molecule has 2 aliphatic rings. The molecule has 0 saturated carbocycles. The summed E-state index contributed by atoms with van der Waals surface area (Å²) in [4.78, 5) is 39.9. The van der Waals surface area contributed by atoms with Gasteiger partial charge in [-0.05, 0) is 42.8 Å². The van der Waals surface area contributed by atoms with Crippen molar-refractivity contribution in [2.45, 2.75) is 19.4 Å². The summed E-state index contributed by atoms with van der Waals surface area (Å²) in [6, 6.07) is 14.6. The van der Waals surface area contributed by atoms with E-state index in [0.717, 1.165) is 16.3 Å². The Morgan fingerprint density at radius 1 is 1.16 bits per heavy atom. The molecule has 2 aromatic carbocycles. The molecular formula is C23H22N4O4. The number of benzene rings is 2. The highest BCUT2D eigenvalue weighted by Crippen LogP contribution is 2.30. The van der Waals surface area contributed by atoms with Crippen molar-refractivity contribution in [3.05, 3.63) is 59.7 Å². The quantitative estimate of drug-likeness (QED) is 0.771. The van der Waals surface area contributed by atoms with E-state index in [2.05, 4.69) is 10.4 Å². The minimum absolute atomic E-state index is 0.298. The van der Waals surface area contributed by atoms with E-state index in [1.165, 1.54) is 0 Å². The molecule has 0 spiro atoms. The number of carbonyl (C=O) groups excluding carboxylic acids is 3. The van der Waals surface area contributed by atoms with Gasteiger partial charge in [0, 0.05) is 19.8 Å². The number of imide groups is 1. The predicted molar refractivity (Wildman–Crippen MR) is 118 cm³/mol. The molecule has 1 unspecified atom stereocenters. The standard InChI is InChI=1S/C23H22N4O4/c1-14-17(12-15-8-10-16(11-9-15)26(2)3)23(30)27(25-14)21(28)13-20-22(29)24-18-6-4-5-7-19(18)31-20/h4-12,20H,13H2,1-3H3,(H,24,29)/b17-12-. The van der Waals surface area contributed by atoms with Gasteiger partial charge in [0.2, 0.25) is 0 Å². The zero-order chi connectivity index (χ0) is 22.1. The highest BCUT2D eigenvalue weighted by Gasteiger charge is 2.37. The number of amides is 3. The second-order valence-electron chi connectivity index (χ2n) is 7.54. The molecule has 1 N–H and O–H groups in total. The van der Waals surface area contributed by atoms with E-state index in [1.54, 1.807) is 37.3 Å². The molecule has 31 heavy (non-hydrogen) atoms. The van der Waals surface area contributed by atoms with Gasteiger partial charge in [0.05, 0.1) is 23.4 Å². The van der Waals surface area contributed by atoms with Crippen LogP contribution in [0.4, 0.5) is 11.4 Å². The summed E-state index contributed by atoms with van der Waals surface area (Å²) in [7, 11) is 3.90. The normalized spacial score (nSPS) is 18.9. The maximum absolute atomic E-state index is 12.8. The minimum Gasteiger partial charge on any atom is -0.478 e. The van der Waals surface area contributed by atoms with Crippen molar-refractivity contribution in [1.82, 2.24) is 5.01 Å². The smallest absolute Gasteiger partial charge is 0.283 e. The molecule has 158 valence electrons. The molecule has 2 aromatic rings. The number of nitrogens with one attached hydrogen (secondary N) is 1. The van der Waals surface area contributed by atoms with Gasteiger partial charge in [-0.25, -0.2) is 0 Å². The first kappa shape index (κ1) is 20.3. The number of para-hydroxylation sites is 2. The molecule has 0 radical (unpaired) electrons. The van der Waals surface area contributed by atoms with Gasteiger partial charge in [-0.15, -0.1) is 0 Å². The molecule has 1 atom stereocenters. The molecular weight excluding hydrogens is 396 g/mol. The van der Waals surface area contributed by atoms with Gasteiger partial charge in [-0.2, -0.15) is 10.1 Å². The summed E-state index contributed by atoms with van der Waals surface area (Å²) in [6.07, 6.45) is 0.374. The van der Waals surface area contributed by atoms with Gasteiger partial charge in [0.15, 0.2) is 6.10 Å². The van der Waals surface area contributed by atoms with Crippen LogP contribution in [0.3, 0.4) is 0 Å². The third-order valence-electron chi connectivity index (χ3n) is 5.09. The summed E-state index contributed by atoms with van der Waals surface area (Å²) in [5, 5.41) is 7.64. The molecule has 4 rings (SSSR count). The molecule has 3 amide bonds. The molecule has 0 fully saturated rings. The van der Waals surface area contributed by atoms with Crippen LogP contribution in [-0.2, 0) is 14.4 Å². The molecule has 0 aromatic heterocycles. The lowest BCUT2D eigenvalue weighted by Crippen LogP contribution is -2.41. The van der Waals surface area contributed by atoms with E-state index in [9.17, 15) is 14.4 Å². The lowest BCUT2D eigenvalue weighted by Gasteiger charge is -2.25. The van der Waals surface area contributed by atoms with E-state index >= 15 is 0 Å². The average Bonchev–Trinajstić information content (AvgIpc) is 3.03. The Labute approximate surface area is 179 Å². The Hall–Kier alpha value is -3.94. The molecule has 8 nitrogen and oxygen atoms in total. The van der Waals surface area contributed by atoms with Crippen LogP contribution >= 0.6 is 0 Å². The third kappa shape index (κ3) is 4.05. The van der Waals surface area contributed by atoms with Crippen LogP contribution in [0.15, 0.2) is 59.2 Å². The van der Waals surface area contributed by atoms with E-state index in [0.29, 0.717) is 22.7 Å². The number of rotatable bonds is 4. The van der Waals surface area contributed by atoms with Crippen LogP contribution in [-0.4, -0.2) is 48.6 Å². The number of anilines is 2. The second kappa shape index (κ2) is 8.06. The SMILES string of the molecule is CC1=NN(C(=O)CC2Oc3ccccc3NC2=O)C(=O)/C1=C\c1ccc(N(C)C)cc1. The Bertz CT molecular complexity index is 1120. The van der Waals surface area contributed by atoms with E-state index < -0.39 is 23.8 Å². The van der Waals surface area contributed by atoms with Crippen LogP contribution in [0.1, 0.15) is 18.9 Å². The topological polar surface area (TPSA) is 91.3 Å². The van der Waals surface area contributed by atoms with Crippen molar-refractivity contribution < 1.29 is 19.1 Å². The molecule has 0 saturated heterocycles. The summed E-state index contributed by atoms with van der Waals surface area (Å²) in [6.45, 7) is 1.67.